The molecule has 3 aromatic heterocycles. The number of aromatic nitrogens is 5. The Morgan fingerprint density at radius 2 is 1.56 bits per heavy atom. The number of nitrogens with zero attached hydrogens (tertiary/aromatic N) is 6. The van der Waals surface area contributed by atoms with E-state index in [-0.39, 0.29) is 11.4 Å². The summed E-state index contributed by atoms with van der Waals surface area (Å²) in [5, 5.41) is 7.69. The van der Waals surface area contributed by atoms with Crippen LogP contribution < -0.4 is 20.9 Å². The summed E-state index contributed by atoms with van der Waals surface area (Å²) in [6.07, 6.45) is 6.69. The molecule has 13 heteroatoms. The molecule has 0 radical (unpaired) electrons. The summed E-state index contributed by atoms with van der Waals surface area (Å²) in [5.41, 5.74) is 4.53. The number of halogens is 1. The minimum atomic E-state index is -0.663. The molecule has 3 amide bonds. The summed E-state index contributed by atoms with van der Waals surface area (Å²) in [6, 6.07) is 12.5. The smallest absolute Gasteiger partial charge is 0.323 e. The molecule has 2 aromatic carbocycles. The third-order valence-electron chi connectivity index (χ3n) is 6.66. The van der Waals surface area contributed by atoms with E-state index in [2.05, 4.69) is 30.8 Å². The molecule has 0 spiro atoms. The Morgan fingerprint density at radius 1 is 0.837 bits per heavy atom. The number of ether oxygens (including phenoxy) is 1. The summed E-state index contributed by atoms with van der Waals surface area (Å²) in [4.78, 5) is 48.5. The minimum absolute atomic E-state index is 0.0304. The zero-order valence-corrected chi connectivity index (χ0v) is 23.0. The number of urea groups is 1. The van der Waals surface area contributed by atoms with Crippen molar-refractivity contribution in [3.8, 4) is 22.5 Å². The van der Waals surface area contributed by atoms with Crippen molar-refractivity contribution in [2.75, 3.05) is 47.2 Å². The zero-order chi connectivity index (χ0) is 29.8. The van der Waals surface area contributed by atoms with Crippen molar-refractivity contribution in [2.45, 2.75) is 6.92 Å². The third-order valence-corrected chi connectivity index (χ3v) is 6.66. The summed E-state index contributed by atoms with van der Waals surface area (Å²) in [5.74, 6) is 0.167. The average Bonchev–Trinajstić information content (AvgIpc) is 3.02. The lowest BCUT2D eigenvalue weighted by Crippen LogP contribution is -2.37. The highest BCUT2D eigenvalue weighted by atomic mass is 19.1. The number of fused-ring (bicyclic) bond motifs is 1. The number of benzene rings is 2. The first-order chi connectivity index (χ1) is 20.9. The normalized spacial score (nSPS) is 13.0. The predicted molar refractivity (Wildman–Crippen MR) is 160 cm³/mol. The molecule has 1 fully saturated rings. The monoisotopic (exact) mass is 579 g/mol. The summed E-state index contributed by atoms with van der Waals surface area (Å²) < 4.78 is 19.8. The van der Waals surface area contributed by atoms with Crippen LogP contribution in [0.5, 0.6) is 0 Å². The van der Waals surface area contributed by atoms with Gasteiger partial charge in [0.1, 0.15) is 17.7 Å². The van der Waals surface area contributed by atoms with Crippen LogP contribution in [-0.2, 0) is 9.53 Å². The molecule has 216 valence electrons. The Balaban J connectivity index is 1.24. The Hall–Kier alpha value is -5.56. The molecule has 1 saturated heterocycles. The van der Waals surface area contributed by atoms with Gasteiger partial charge in [-0.05, 0) is 48.5 Å². The highest BCUT2D eigenvalue weighted by molar-refractivity contribution is 6.00. The van der Waals surface area contributed by atoms with Gasteiger partial charge in [-0.25, -0.2) is 29.1 Å². The first-order valence-electron chi connectivity index (χ1n) is 13.4. The van der Waals surface area contributed by atoms with Crippen molar-refractivity contribution < 1.29 is 18.7 Å². The van der Waals surface area contributed by atoms with E-state index in [0.29, 0.717) is 48.8 Å². The SMILES string of the molecule is CC(=O)Nc1ccc(NC(=O)Nc2ccc(-c3nc(N4CCOCC4)c4ncc(-c5cncnc5)cc4n3)cc2)cc1F. The Kier molecular flexibility index (Phi) is 7.78. The van der Waals surface area contributed by atoms with Gasteiger partial charge in [-0.3, -0.25) is 9.78 Å². The van der Waals surface area contributed by atoms with Gasteiger partial charge in [0.05, 0.1) is 24.4 Å². The molecule has 12 nitrogen and oxygen atoms in total. The Labute approximate surface area is 245 Å². The number of pyridine rings is 1. The van der Waals surface area contributed by atoms with E-state index in [4.69, 9.17) is 19.7 Å². The van der Waals surface area contributed by atoms with Gasteiger partial charge >= 0.3 is 6.03 Å². The molecular weight excluding hydrogens is 553 g/mol. The standard InChI is InChI=1S/C30H26FN9O3/c1-18(41)35-25-7-6-23(13-24(25)31)37-30(42)36-22-4-2-19(3-5-22)28-38-26-12-20(21-14-32-17-33-15-21)16-34-27(26)29(39-28)40-8-10-43-11-9-40/h2-7,12-17H,8-11H2,1H3,(H,35,41)(H2,36,37,42). The number of carbonyl (C=O) groups is 2. The van der Waals surface area contributed by atoms with E-state index in [1.165, 1.54) is 25.4 Å². The van der Waals surface area contributed by atoms with Crippen molar-refractivity contribution in [1.29, 1.82) is 0 Å². The first kappa shape index (κ1) is 27.6. The number of rotatable bonds is 6. The van der Waals surface area contributed by atoms with Gasteiger partial charge in [0.2, 0.25) is 5.91 Å². The summed E-state index contributed by atoms with van der Waals surface area (Å²) >= 11 is 0. The van der Waals surface area contributed by atoms with Gasteiger partial charge in [0, 0.05) is 66.7 Å². The van der Waals surface area contributed by atoms with Crippen molar-refractivity contribution >= 4 is 45.9 Å². The van der Waals surface area contributed by atoms with Crippen LogP contribution in [0, 0.1) is 5.82 Å². The molecule has 1 aliphatic rings. The lowest BCUT2D eigenvalue weighted by atomic mass is 10.1. The Morgan fingerprint density at radius 3 is 2.28 bits per heavy atom. The molecule has 0 saturated carbocycles. The van der Waals surface area contributed by atoms with E-state index < -0.39 is 17.8 Å². The second kappa shape index (κ2) is 12.1. The predicted octanol–water partition coefficient (Wildman–Crippen LogP) is 4.73. The van der Waals surface area contributed by atoms with Crippen molar-refractivity contribution in [2.24, 2.45) is 0 Å². The minimum Gasteiger partial charge on any atom is -0.378 e. The number of anilines is 4. The lowest BCUT2D eigenvalue weighted by molar-refractivity contribution is -0.114. The molecule has 0 bridgehead atoms. The molecule has 0 unspecified atom stereocenters. The average molecular weight is 580 g/mol. The number of hydrogen-bond acceptors (Lipinski definition) is 9. The third kappa shape index (κ3) is 6.36. The Bertz CT molecular complexity index is 1800. The van der Waals surface area contributed by atoms with Crippen LogP contribution in [0.2, 0.25) is 0 Å². The van der Waals surface area contributed by atoms with Gasteiger partial charge in [0.15, 0.2) is 11.6 Å². The van der Waals surface area contributed by atoms with Crippen molar-refractivity contribution in [1.82, 2.24) is 24.9 Å². The van der Waals surface area contributed by atoms with Crippen molar-refractivity contribution in [3.05, 3.63) is 79.3 Å². The fraction of sp³-hybridized carbons (Fsp3) is 0.167. The topological polar surface area (TPSA) is 147 Å². The quantitative estimate of drug-likeness (QED) is 0.260. The van der Waals surface area contributed by atoms with Crippen LogP contribution in [0.4, 0.5) is 32.1 Å². The van der Waals surface area contributed by atoms with Crippen LogP contribution in [0.15, 0.2) is 73.4 Å². The van der Waals surface area contributed by atoms with E-state index in [9.17, 15) is 14.0 Å². The maximum Gasteiger partial charge on any atom is 0.323 e. The summed E-state index contributed by atoms with van der Waals surface area (Å²) in [6.45, 7) is 3.83. The van der Waals surface area contributed by atoms with Gasteiger partial charge in [0.25, 0.3) is 0 Å². The maximum atomic E-state index is 14.2. The highest BCUT2D eigenvalue weighted by Crippen LogP contribution is 2.30. The van der Waals surface area contributed by atoms with Crippen LogP contribution in [0.3, 0.4) is 0 Å². The van der Waals surface area contributed by atoms with E-state index in [1.807, 2.05) is 18.2 Å². The number of hydrogen-bond donors (Lipinski definition) is 3. The second-order valence-corrected chi connectivity index (χ2v) is 9.72. The number of carbonyl (C=O) groups excluding carboxylic acids is 2. The van der Waals surface area contributed by atoms with Crippen LogP contribution in [0.25, 0.3) is 33.5 Å². The fourth-order valence-corrected chi connectivity index (χ4v) is 4.61. The van der Waals surface area contributed by atoms with E-state index >= 15 is 0 Å². The highest BCUT2D eigenvalue weighted by Gasteiger charge is 2.20. The number of morpholine rings is 1. The molecule has 4 heterocycles. The second-order valence-electron chi connectivity index (χ2n) is 9.72. The fourth-order valence-electron chi connectivity index (χ4n) is 4.61. The van der Waals surface area contributed by atoms with Gasteiger partial charge < -0.3 is 25.6 Å². The molecule has 5 aromatic rings. The van der Waals surface area contributed by atoms with Gasteiger partial charge in [-0.1, -0.05) is 0 Å². The molecule has 0 aliphatic carbocycles. The summed E-state index contributed by atoms with van der Waals surface area (Å²) in [7, 11) is 0. The van der Waals surface area contributed by atoms with Crippen LogP contribution in [-0.4, -0.2) is 63.2 Å². The van der Waals surface area contributed by atoms with Crippen LogP contribution >= 0.6 is 0 Å². The molecule has 3 N–H and O–H groups in total. The zero-order valence-electron chi connectivity index (χ0n) is 23.0. The van der Waals surface area contributed by atoms with Crippen LogP contribution in [0.1, 0.15) is 6.92 Å². The lowest BCUT2D eigenvalue weighted by Gasteiger charge is -2.28. The largest absolute Gasteiger partial charge is 0.378 e. The van der Waals surface area contributed by atoms with Gasteiger partial charge in [-0.2, -0.15) is 0 Å². The number of amides is 3. The molecule has 6 rings (SSSR count). The first-order valence-corrected chi connectivity index (χ1v) is 13.4. The van der Waals surface area contributed by atoms with E-state index in [0.717, 1.165) is 28.6 Å². The molecule has 0 atom stereocenters. The number of nitrogens with one attached hydrogen (secondary N) is 3. The van der Waals surface area contributed by atoms with Gasteiger partial charge in [-0.15, -0.1) is 0 Å². The van der Waals surface area contributed by atoms with E-state index in [1.54, 1.807) is 30.7 Å². The molecular formula is C30H26FN9O3. The van der Waals surface area contributed by atoms with Crippen molar-refractivity contribution in [3.63, 3.8) is 0 Å². The molecule has 1 aliphatic heterocycles. The molecule has 43 heavy (non-hydrogen) atoms. The maximum absolute atomic E-state index is 14.2.